The first kappa shape index (κ1) is 14.6. The summed E-state index contributed by atoms with van der Waals surface area (Å²) in [5.41, 5.74) is 6.00. The maximum Gasteiger partial charge on any atom is 0.122 e. The minimum absolute atomic E-state index is 0.260. The van der Waals surface area contributed by atoms with Gasteiger partial charge in [-0.25, -0.2) is 0 Å². The molecule has 2 unspecified atom stereocenters. The Labute approximate surface area is 117 Å². The van der Waals surface area contributed by atoms with Crippen molar-refractivity contribution in [3.8, 4) is 0 Å². The van der Waals surface area contributed by atoms with Crippen LogP contribution >= 0.6 is 0 Å². The Morgan fingerprint density at radius 3 is 2.79 bits per heavy atom. The van der Waals surface area contributed by atoms with Crippen molar-refractivity contribution in [2.45, 2.75) is 52.0 Å². The van der Waals surface area contributed by atoms with Crippen LogP contribution in [-0.2, 0) is 6.42 Å². The first-order valence-corrected chi connectivity index (χ1v) is 7.81. The molecule has 3 heteroatoms. The van der Waals surface area contributed by atoms with Gasteiger partial charge in [-0.3, -0.25) is 4.90 Å². The number of aryl methyl sites for hydroxylation is 1. The molecule has 1 aromatic rings. The third-order valence-electron chi connectivity index (χ3n) is 4.48. The van der Waals surface area contributed by atoms with E-state index in [9.17, 15) is 0 Å². The third kappa shape index (κ3) is 3.61. The fourth-order valence-electron chi connectivity index (χ4n) is 3.12. The molecular weight excluding hydrogens is 236 g/mol. The molecule has 0 amide bonds. The van der Waals surface area contributed by atoms with Gasteiger partial charge in [0.25, 0.3) is 0 Å². The molecule has 0 aromatic carbocycles. The van der Waals surface area contributed by atoms with Crippen LogP contribution in [0.1, 0.15) is 57.1 Å². The van der Waals surface area contributed by atoms with E-state index in [0.717, 1.165) is 36.9 Å². The topological polar surface area (TPSA) is 42.4 Å². The molecule has 1 fully saturated rings. The highest BCUT2D eigenvalue weighted by atomic mass is 16.3. The van der Waals surface area contributed by atoms with E-state index in [1.54, 1.807) is 0 Å². The molecule has 2 heterocycles. The van der Waals surface area contributed by atoms with Crippen LogP contribution in [-0.4, -0.2) is 24.5 Å². The normalized spacial score (nSPS) is 23.2. The summed E-state index contributed by atoms with van der Waals surface area (Å²) in [4.78, 5) is 2.52. The van der Waals surface area contributed by atoms with E-state index in [1.165, 1.54) is 25.7 Å². The van der Waals surface area contributed by atoms with E-state index in [4.69, 9.17) is 10.2 Å². The lowest BCUT2D eigenvalue weighted by molar-refractivity contribution is 0.182. The maximum absolute atomic E-state index is 6.00. The van der Waals surface area contributed by atoms with Crippen LogP contribution in [0.2, 0.25) is 0 Å². The Morgan fingerprint density at radius 2 is 2.16 bits per heavy atom. The summed E-state index contributed by atoms with van der Waals surface area (Å²) in [6, 6.07) is 4.46. The molecule has 0 spiro atoms. The molecular formula is C16H28N2O. The number of rotatable bonds is 5. The maximum atomic E-state index is 6.00. The quantitative estimate of drug-likeness (QED) is 0.886. The molecule has 0 saturated carbocycles. The lowest BCUT2D eigenvalue weighted by Gasteiger charge is -2.28. The predicted molar refractivity (Wildman–Crippen MR) is 79.1 cm³/mol. The molecule has 0 bridgehead atoms. The summed E-state index contributed by atoms with van der Waals surface area (Å²) in [5, 5.41) is 0. The van der Waals surface area contributed by atoms with Gasteiger partial charge in [-0.2, -0.15) is 0 Å². The van der Waals surface area contributed by atoms with Gasteiger partial charge in [0, 0.05) is 13.0 Å². The molecule has 1 aromatic heterocycles. The van der Waals surface area contributed by atoms with E-state index in [2.05, 4.69) is 30.9 Å². The summed E-state index contributed by atoms with van der Waals surface area (Å²) in [7, 11) is 0. The van der Waals surface area contributed by atoms with Crippen LogP contribution in [0.5, 0.6) is 0 Å². The monoisotopic (exact) mass is 264 g/mol. The smallest absolute Gasteiger partial charge is 0.122 e. The van der Waals surface area contributed by atoms with E-state index >= 15 is 0 Å². The summed E-state index contributed by atoms with van der Waals surface area (Å²) in [6.07, 6.45) is 6.21. The van der Waals surface area contributed by atoms with E-state index in [1.807, 2.05) is 0 Å². The zero-order valence-electron chi connectivity index (χ0n) is 12.4. The first-order valence-electron chi connectivity index (χ1n) is 7.81. The molecule has 3 nitrogen and oxygen atoms in total. The van der Waals surface area contributed by atoms with Gasteiger partial charge in [0.2, 0.25) is 0 Å². The van der Waals surface area contributed by atoms with Crippen molar-refractivity contribution >= 4 is 0 Å². The van der Waals surface area contributed by atoms with Crippen molar-refractivity contribution in [2.24, 2.45) is 11.7 Å². The minimum Gasteiger partial charge on any atom is -0.464 e. The standard InChI is InChI=1S/C16H28N2O/c1-3-13-6-5-10-18(11-9-13)15(12-17)16-8-7-14(4-2)19-16/h7-8,13,15H,3-6,9-12,17H2,1-2H3. The van der Waals surface area contributed by atoms with Gasteiger partial charge < -0.3 is 10.2 Å². The summed E-state index contributed by atoms with van der Waals surface area (Å²) >= 11 is 0. The van der Waals surface area contributed by atoms with E-state index in [-0.39, 0.29) is 6.04 Å². The van der Waals surface area contributed by atoms with Crippen LogP contribution in [0.25, 0.3) is 0 Å². The summed E-state index contributed by atoms with van der Waals surface area (Å²) in [6.45, 7) is 7.38. The summed E-state index contributed by atoms with van der Waals surface area (Å²) in [5.74, 6) is 3.01. The highest BCUT2D eigenvalue weighted by molar-refractivity contribution is 5.11. The zero-order chi connectivity index (χ0) is 13.7. The molecule has 2 rings (SSSR count). The molecule has 2 atom stereocenters. The zero-order valence-corrected chi connectivity index (χ0v) is 12.4. The van der Waals surface area contributed by atoms with Crippen LogP contribution < -0.4 is 5.73 Å². The Balaban J connectivity index is 2.04. The molecule has 0 radical (unpaired) electrons. The van der Waals surface area contributed by atoms with Crippen molar-refractivity contribution < 1.29 is 4.42 Å². The predicted octanol–water partition coefficient (Wildman–Crippen LogP) is 3.35. The van der Waals surface area contributed by atoms with Crippen molar-refractivity contribution in [3.63, 3.8) is 0 Å². The van der Waals surface area contributed by atoms with Crippen molar-refractivity contribution in [1.82, 2.24) is 4.90 Å². The Morgan fingerprint density at radius 1 is 1.32 bits per heavy atom. The number of nitrogens with two attached hydrogens (primary N) is 1. The number of hydrogen-bond donors (Lipinski definition) is 1. The molecule has 0 aliphatic carbocycles. The van der Waals surface area contributed by atoms with Gasteiger partial charge >= 0.3 is 0 Å². The van der Waals surface area contributed by atoms with Crippen LogP contribution in [0, 0.1) is 5.92 Å². The lowest BCUT2D eigenvalue weighted by atomic mass is 9.98. The van der Waals surface area contributed by atoms with E-state index < -0.39 is 0 Å². The lowest BCUT2D eigenvalue weighted by Crippen LogP contribution is -2.34. The largest absolute Gasteiger partial charge is 0.464 e. The van der Waals surface area contributed by atoms with Gasteiger partial charge in [-0.1, -0.05) is 20.3 Å². The number of furan rings is 1. The van der Waals surface area contributed by atoms with Crippen LogP contribution in [0.4, 0.5) is 0 Å². The van der Waals surface area contributed by atoms with Crippen LogP contribution in [0.15, 0.2) is 16.5 Å². The van der Waals surface area contributed by atoms with Crippen LogP contribution in [0.3, 0.4) is 0 Å². The summed E-state index contributed by atoms with van der Waals surface area (Å²) < 4.78 is 5.91. The average molecular weight is 264 g/mol. The van der Waals surface area contributed by atoms with Crippen molar-refractivity contribution in [1.29, 1.82) is 0 Å². The first-order chi connectivity index (χ1) is 9.28. The molecule has 2 N–H and O–H groups in total. The molecule has 1 saturated heterocycles. The molecule has 19 heavy (non-hydrogen) atoms. The Hall–Kier alpha value is -0.800. The van der Waals surface area contributed by atoms with Gasteiger partial charge in [-0.05, 0) is 50.4 Å². The average Bonchev–Trinajstić information content (AvgIpc) is 2.78. The highest BCUT2D eigenvalue weighted by Crippen LogP contribution is 2.28. The highest BCUT2D eigenvalue weighted by Gasteiger charge is 2.24. The van der Waals surface area contributed by atoms with Gasteiger partial charge in [0.05, 0.1) is 6.04 Å². The van der Waals surface area contributed by atoms with E-state index in [0.29, 0.717) is 6.54 Å². The fourth-order valence-corrected chi connectivity index (χ4v) is 3.12. The van der Waals surface area contributed by atoms with Gasteiger partial charge in [0.15, 0.2) is 0 Å². The molecule has 1 aliphatic rings. The van der Waals surface area contributed by atoms with Gasteiger partial charge in [-0.15, -0.1) is 0 Å². The third-order valence-corrected chi connectivity index (χ3v) is 4.48. The van der Waals surface area contributed by atoms with Gasteiger partial charge in [0.1, 0.15) is 11.5 Å². The number of hydrogen-bond acceptors (Lipinski definition) is 3. The SMILES string of the molecule is CCc1ccc(C(CN)N2CCCC(CC)CC2)o1. The second-order valence-electron chi connectivity index (χ2n) is 5.65. The van der Waals surface area contributed by atoms with Crippen molar-refractivity contribution in [3.05, 3.63) is 23.7 Å². The fraction of sp³-hybridized carbons (Fsp3) is 0.750. The number of nitrogens with zero attached hydrogens (tertiary/aromatic N) is 1. The molecule has 1 aliphatic heterocycles. The molecule has 108 valence electrons. The Bertz CT molecular complexity index is 375. The Kier molecular flexibility index (Phi) is 5.46. The second-order valence-corrected chi connectivity index (χ2v) is 5.65. The van der Waals surface area contributed by atoms with Crippen molar-refractivity contribution in [2.75, 3.05) is 19.6 Å². The second kappa shape index (κ2) is 7.11. The minimum atomic E-state index is 0.260. The number of likely N-dealkylation sites (tertiary alicyclic amines) is 1.